The number of ether oxygens (including phenoxy) is 1. The van der Waals surface area contributed by atoms with Crippen molar-refractivity contribution in [2.24, 2.45) is 0 Å². The van der Waals surface area contributed by atoms with Crippen molar-refractivity contribution in [3.05, 3.63) is 24.3 Å². The van der Waals surface area contributed by atoms with Crippen molar-refractivity contribution < 1.29 is 24.5 Å². The molecule has 0 fully saturated rings. The fourth-order valence-corrected chi connectivity index (χ4v) is 9.20. The van der Waals surface area contributed by atoms with Crippen molar-refractivity contribution in [1.29, 1.82) is 0 Å². The van der Waals surface area contributed by atoms with Crippen molar-refractivity contribution >= 4 is 11.9 Å². The van der Waals surface area contributed by atoms with Gasteiger partial charge in [-0.05, 0) is 57.8 Å². The van der Waals surface area contributed by atoms with E-state index in [0.717, 1.165) is 64.2 Å². The zero-order valence-electron chi connectivity index (χ0n) is 44.4. The molecule has 1 amide bonds. The molecule has 0 rings (SSSR count). The first kappa shape index (κ1) is 64.3. The molecular formula is C60H115NO5. The van der Waals surface area contributed by atoms with Gasteiger partial charge in [0.1, 0.15) is 0 Å². The SMILES string of the molecule is CCCCC/C=C\C/C=C\CCCCCCCCCCCC(=O)OCCCCCCCCCCCC(=O)NC(CO)C(O)CCCCCCCCCCCCCCCCCCCCCCC. The summed E-state index contributed by atoms with van der Waals surface area (Å²) in [4.78, 5) is 24.6. The van der Waals surface area contributed by atoms with Gasteiger partial charge in [-0.3, -0.25) is 9.59 Å². The second-order valence-corrected chi connectivity index (χ2v) is 20.3. The van der Waals surface area contributed by atoms with Gasteiger partial charge < -0.3 is 20.3 Å². The summed E-state index contributed by atoms with van der Waals surface area (Å²) in [6.45, 7) is 4.89. The lowest BCUT2D eigenvalue weighted by Crippen LogP contribution is -2.45. The Hall–Kier alpha value is -1.66. The molecule has 0 aromatic carbocycles. The highest BCUT2D eigenvalue weighted by Gasteiger charge is 2.20. The molecule has 0 aromatic rings. The maximum atomic E-state index is 12.5. The van der Waals surface area contributed by atoms with E-state index < -0.39 is 12.1 Å². The summed E-state index contributed by atoms with van der Waals surface area (Å²) < 4.78 is 5.47. The normalized spacial score (nSPS) is 12.7. The van der Waals surface area contributed by atoms with Crippen LogP contribution in [0.25, 0.3) is 0 Å². The monoisotopic (exact) mass is 930 g/mol. The first-order valence-electron chi connectivity index (χ1n) is 29.6. The standard InChI is InChI=1S/C60H115NO5/c1-3-5-7-9-11-13-15-17-19-21-23-24-26-27-29-31-33-36-40-44-48-52-58(63)57(56-62)61-59(64)53-49-45-41-37-35-39-43-47-51-55-66-60(65)54-50-46-42-38-34-32-30-28-25-22-20-18-16-14-12-10-8-6-4-2/h12,14,18,20,57-58,62-63H,3-11,13,15-17,19,21-56H2,1-2H3,(H,61,64)/b14-12-,20-18-. The van der Waals surface area contributed by atoms with Gasteiger partial charge >= 0.3 is 5.97 Å². The summed E-state index contributed by atoms with van der Waals surface area (Å²) in [5.41, 5.74) is 0. The number of hydrogen-bond donors (Lipinski definition) is 3. The molecule has 0 aliphatic rings. The maximum absolute atomic E-state index is 12.5. The number of nitrogens with one attached hydrogen (secondary N) is 1. The molecule has 0 aliphatic carbocycles. The molecule has 0 spiro atoms. The molecule has 0 saturated heterocycles. The second kappa shape index (κ2) is 55.9. The van der Waals surface area contributed by atoms with Gasteiger partial charge in [0.05, 0.1) is 25.4 Å². The van der Waals surface area contributed by atoms with Gasteiger partial charge in [0, 0.05) is 12.8 Å². The number of aliphatic hydroxyl groups excluding tert-OH is 2. The minimum Gasteiger partial charge on any atom is -0.466 e. The zero-order chi connectivity index (χ0) is 47.9. The van der Waals surface area contributed by atoms with Gasteiger partial charge in [-0.15, -0.1) is 0 Å². The highest BCUT2D eigenvalue weighted by atomic mass is 16.5. The van der Waals surface area contributed by atoms with E-state index in [2.05, 4.69) is 43.5 Å². The number of allylic oxidation sites excluding steroid dienone is 4. The number of carbonyl (C=O) groups excluding carboxylic acids is 2. The van der Waals surface area contributed by atoms with Gasteiger partial charge in [-0.2, -0.15) is 0 Å². The number of unbranched alkanes of at least 4 members (excludes halogenated alkanes) is 40. The predicted molar refractivity (Wildman–Crippen MR) is 287 cm³/mol. The average Bonchev–Trinajstić information content (AvgIpc) is 3.32. The van der Waals surface area contributed by atoms with Gasteiger partial charge in [0.25, 0.3) is 0 Å². The largest absolute Gasteiger partial charge is 0.466 e. The number of amides is 1. The molecule has 0 aliphatic heterocycles. The molecule has 0 heterocycles. The molecule has 6 nitrogen and oxygen atoms in total. The number of hydrogen-bond acceptors (Lipinski definition) is 5. The van der Waals surface area contributed by atoms with Crippen molar-refractivity contribution in [2.75, 3.05) is 13.2 Å². The molecule has 3 N–H and O–H groups in total. The van der Waals surface area contributed by atoms with Crippen molar-refractivity contribution in [2.45, 2.75) is 334 Å². The Balaban J connectivity index is 3.46. The lowest BCUT2D eigenvalue weighted by Gasteiger charge is -2.22. The number of rotatable bonds is 55. The molecule has 0 radical (unpaired) electrons. The van der Waals surface area contributed by atoms with Crippen LogP contribution in [-0.4, -0.2) is 47.4 Å². The van der Waals surface area contributed by atoms with Crippen molar-refractivity contribution in [3.63, 3.8) is 0 Å². The lowest BCUT2D eigenvalue weighted by molar-refractivity contribution is -0.143. The van der Waals surface area contributed by atoms with Gasteiger partial charge in [-0.1, -0.05) is 276 Å². The van der Waals surface area contributed by atoms with Crippen LogP contribution in [0.1, 0.15) is 322 Å². The third kappa shape index (κ3) is 51.7. The smallest absolute Gasteiger partial charge is 0.305 e. The molecular weight excluding hydrogens is 815 g/mol. The molecule has 0 aromatic heterocycles. The Kier molecular flexibility index (Phi) is 54.5. The Morgan fingerprint density at radius 2 is 0.758 bits per heavy atom. The first-order valence-corrected chi connectivity index (χ1v) is 29.6. The number of aliphatic hydroxyl groups is 2. The molecule has 6 heteroatoms. The number of esters is 1. The topological polar surface area (TPSA) is 95.9 Å². The highest BCUT2D eigenvalue weighted by molar-refractivity contribution is 5.76. The summed E-state index contributed by atoms with van der Waals surface area (Å²) in [6.07, 6.45) is 67.4. The third-order valence-corrected chi connectivity index (χ3v) is 13.8. The van der Waals surface area contributed by atoms with Crippen LogP contribution in [0.2, 0.25) is 0 Å². The highest BCUT2D eigenvalue weighted by Crippen LogP contribution is 2.17. The zero-order valence-corrected chi connectivity index (χ0v) is 44.4. The minimum atomic E-state index is -0.683. The summed E-state index contributed by atoms with van der Waals surface area (Å²) in [5.74, 6) is -0.0875. The first-order chi connectivity index (χ1) is 32.5. The molecule has 390 valence electrons. The van der Waals surface area contributed by atoms with Crippen LogP contribution in [-0.2, 0) is 14.3 Å². The minimum absolute atomic E-state index is 0.0277. The summed E-state index contributed by atoms with van der Waals surface area (Å²) in [7, 11) is 0. The third-order valence-electron chi connectivity index (χ3n) is 13.8. The van der Waals surface area contributed by atoms with E-state index in [1.54, 1.807) is 0 Å². The summed E-state index contributed by atoms with van der Waals surface area (Å²) in [6, 6.07) is -0.563. The molecule has 2 atom stereocenters. The Bertz CT molecular complexity index is 1030. The summed E-state index contributed by atoms with van der Waals surface area (Å²) >= 11 is 0. The van der Waals surface area contributed by atoms with Crippen LogP contribution in [0.5, 0.6) is 0 Å². The van der Waals surface area contributed by atoms with Crippen LogP contribution >= 0.6 is 0 Å². The van der Waals surface area contributed by atoms with E-state index in [1.807, 2.05) is 0 Å². The van der Waals surface area contributed by atoms with E-state index in [-0.39, 0.29) is 18.5 Å². The van der Waals surface area contributed by atoms with E-state index in [9.17, 15) is 19.8 Å². The average molecular weight is 931 g/mol. The maximum Gasteiger partial charge on any atom is 0.305 e. The van der Waals surface area contributed by atoms with Gasteiger partial charge in [0.15, 0.2) is 0 Å². The fourth-order valence-electron chi connectivity index (χ4n) is 9.20. The Labute approximate surface area is 411 Å². The molecule has 0 saturated carbocycles. The second-order valence-electron chi connectivity index (χ2n) is 20.3. The van der Waals surface area contributed by atoms with Crippen LogP contribution < -0.4 is 5.32 Å². The Morgan fingerprint density at radius 3 is 1.18 bits per heavy atom. The molecule has 2 unspecified atom stereocenters. The van der Waals surface area contributed by atoms with Crippen molar-refractivity contribution in [3.8, 4) is 0 Å². The van der Waals surface area contributed by atoms with Crippen LogP contribution in [0.4, 0.5) is 0 Å². The fraction of sp³-hybridized carbons (Fsp3) is 0.900. The van der Waals surface area contributed by atoms with E-state index in [0.29, 0.717) is 25.9 Å². The number of carbonyl (C=O) groups is 2. The molecule has 66 heavy (non-hydrogen) atoms. The van der Waals surface area contributed by atoms with Crippen LogP contribution in [0.15, 0.2) is 24.3 Å². The lowest BCUT2D eigenvalue weighted by atomic mass is 10.0. The summed E-state index contributed by atoms with van der Waals surface area (Å²) in [5, 5.41) is 23.3. The van der Waals surface area contributed by atoms with E-state index in [4.69, 9.17) is 4.74 Å². The quantitative estimate of drug-likeness (QED) is 0.0321. The van der Waals surface area contributed by atoms with E-state index in [1.165, 1.54) is 225 Å². The Morgan fingerprint density at radius 1 is 0.424 bits per heavy atom. The van der Waals surface area contributed by atoms with Crippen molar-refractivity contribution in [1.82, 2.24) is 5.32 Å². The predicted octanol–water partition coefficient (Wildman–Crippen LogP) is 18.2. The van der Waals surface area contributed by atoms with Crippen LogP contribution in [0, 0.1) is 0 Å². The van der Waals surface area contributed by atoms with Crippen LogP contribution in [0.3, 0.4) is 0 Å². The van der Waals surface area contributed by atoms with Gasteiger partial charge in [-0.25, -0.2) is 0 Å². The molecule has 0 bridgehead atoms. The van der Waals surface area contributed by atoms with Gasteiger partial charge in [0.2, 0.25) is 5.91 Å². The van der Waals surface area contributed by atoms with E-state index >= 15 is 0 Å².